The summed E-state index contributed by atoms with van der Waals surface area (Å²) in [5.41, 5.74) is 1.14. The largest absolute Gasteiger partial charge is 0.481 e. The topological polar surface area (TPSA) is 60.4 Å². The van der Waals surface area contributed by atoms with Crippen LogP contribution in [0.15, 0.2) is 36.8 Å². The Kier molecular flexibility index (Phi) is 4.25. The van der Waals surface area contributed by atoms with E-state index in [4.69, 9.17) is 9.47 Å². The molecule has 1 fully saturated rings. The lowest BCUT2D eigenvalue weighted by atomic mass is 10.3. The van der Waals surface area contributed by atoms with Crippen molar-refractivity contribution in [3.63, 3.8) is 0 Å². The maximum Gasteiger partial charge on any atom is 0.228 e. The molecular weight excluding hydrogens is 268 g/mol. The smallest absolute Gasteiger partial charge is 0.228 e. The fraction of sp³-hybridized carbons (Fsp3) is 0.400. The second-order valence-electron chi connectivity index (χ2n) is 4.92. The van der Waals surface area contributed by atoms with Gasteiger partial charge in [0.25, 0.3) is 0 Å². The molecular formula is C15H18N4O2. The third-order valence-corrected chi connectivity index (χ3v) is 3.49. The van der Waals surface area contributed by atoms with Crippen molar-refractivity contribution in [2.45, 2.75) is 19.1 Å². The molecule has 3 heterocycles. The van der Waals surface area contributed by atoms with Gasteiger partial charge < -0.3 is 14.4 Å². The molecule has 0 spiro atoms. The summed E-state index contributed by atoms with van der Waals surface area (Å²) in [5.74, 6) is 1.28. The maximum atomic E-state index is 5.94. The van der Waals surface area contributed by atoms with Gasteiger partial charge in [-0.05, 0) is 24.1 Å². The summed E-state index contributed by atoms with van der Waals surface area (Å²) >= 11 is 0. The number of aromatic nitrogens is 3. The molecule has 2 aromatic heterocycles. The molecule has 0 amide bonds. The van der Waals surface area contributed by atoms with Gasteiger partial charge in [-0.25, -0.2) is 4.98 Å². The van der Waals surface area contributed by atoms with E-state index in [1.54, 1.807) is 31.8 Å². The van der Waals surface area contributed by atoms with Gasteiger partial charge in [0.05, 0.1) is 19.8 Å². The van der Waals surface area contributed by atoms with Crippen molar-refractivity contribution in [2.24, 2.45) is 0 Å². The van der Waals surface area contributed by atoms with Crippen LogP contribution in [0.25, 0.3) is 0 Å². The van der Waals surface area contributed by atoms with Crippen molar-refractivity contribution < 1.29 is 9.47 Å². The molecule has 110 valence electrons. The predicted octanol–water partition coefficient (Wildman–Crippen LogP) is 1.68. The summed E-state index contributed by atoms with van der Waals surface area (Å²) in [6.07, 6.45) is 6.46. The van der Waals surface area contributed by atoms with E-state index in [1.807, 2.05) is 12.1 Å². The van der Waals surface area contributed by atoms with E-state index in [-0.39, 0.29) is 6.10 Å². The molecule has 0 radical (unpaired) electrons. The number of pyridine rings is 1. The van der Waals surface area contributed by atoms with E-state index in [0.29, 0.717) is 18.4 Å². The highest BCUT2D eigenvalue weighted by molar-refractivity contribution is 5.33. The summed E-state index contributed by atoms with van der Waals surface area (Å²) in [7, 11) is 1.61. The zero-order valence-corrected chi connectivity index (χ0v) is 12.0. The minimum absolute atomic E-state index is 0.202. The van der Waals surface area contributed by atoms with Gasteiger partial charge in [0.1, 0.15) is 0 Å². The van der Waals surface area contributed by atoms with Crippen molar-refractivity contribution in [1.82, 2.24) is 15.0 Å². The Morgan fingerprint density at radius 3 is 2.90 bits per heavy atom. The van der Waals surface area contributed by atoms with Crippen LogP contribution in [0.3, 0.4) is 0 Å². The first-order valence-electron chi connectivity index (χ1n) is 6.97. The van der Waals surface area contributed by atoms with Crippen molar-refractivity contribution >= 4 is 5.95 Å². The second kappa shape index (κ2) is 6.49. The standard InChI is InChI=1S/C15H18N4O2/c1-20-14-4-8-17-15(18-14)19-9-5-13(10-19)21-11-12-2-6-16-7-3-12/h2-4,6-8,13H,5,9-11H2,1H3/t13-/m0/s1. The normalized spacial score (nSPS) is 18.0. The molecule has 3 rings (SSSR count). The van der Waals surface area contributed by atoms with Crippen LogP contribution in [-0.2, 0) is 11.3 Å². The zero-order chi connectivity index (χ0) is 14.5. The molecule has 2 aromatic rings. The van der Waals surface area contributed by atoms with E-state index in [2.05, 4.69) is 19.9 Å². The molecule has 0 saturated carbocycles. The van der Waals surface area contributed by atoms with Crippen molar-refractivity contribution in [2.75, 3.05) is 25.1 Å². The zero-order valence-electron chi connectivity index (χ0n) is 12.0. The Morgan fingerprint density at radius 1 is 1.24 bits per heavy atom. The van der Waals surface area contributed by atoms with Gasteiger partial charge in [0, 0.05) is 37.7 Å². The molecule has 0 aromatic carbocycles. The minimum Gasteiger partial charge on any atom is -0.481 e. The molecule has 1 aliphatic rings. The molecule has 0 aliphatic carbocycles. The number of anilines is 1. The van der Waals surface area contributed by atoms with Crippen LogP contribution < -0.4 is 9.64 Å². The summed E-state index contributed by atoms with van der Waals surface area (Å²) < 4.78 is 11.1. The van der Waals surface area contributed by atoms with Crippen LogP contribution in [0, 0.1) is 0 Å². The second-order valence-corrected chi connectivity index (χ2v) is 4.92. The predicted molar refractivity (Wildman–Crippen MR) is 78.2 cm³/mol. The Hall–Kier alpha value is -2.21. The van der Waals surface area contributed by atoms with E-state index < -0.39 is 0 Å². The van der Waals surface area contributed by atoms with Crippen LogP contribution in [0.4, 0.5) is 5.95 Å². The van der Waals surface area contributed by atoms with Gasteiger partial charge in [-0.2, -0.15) is 4.98 Å². The highest BCUT2D eigenvalue weighted by Gasteiger charge is 2.25. The number of rotatable bonds is 5. The molecule has 0 N–H and O–H groups in total. The van der Waals surface area contributed by atoms with Crippen LogP contribution in [0.5, 0.6) is 5.88 Å². The van der Waals surface area contributed by atoms with Crippen LogP contribution in [-0.4, -0.2) is 41.3 Å². The molecule has 6 nitrogen and oxygen atoms in total. The van der Waals surface area contributed by atoms with Crippen molar-refractivity contribution in [3.05, 3.63) is 42.4 Å². The van der Waals surface area contributed by atoms with Gasteiger partial charge in [0.15, 0.2) is 0 Å². The van der Waals surface area contributed by atoms with Gasteiger partial charge in [-0.15, -0.1) is 0 Å². The lowest BCUT2D eigenvalue weighted by Crippen LogP contribution is -2.24. The lowest BCUT2D eigenvalue weighted by Gasteiger charge is -2.16. The summed E-state index contributed by atoms with van der Waals surface area (Å²) in [4.78, 5) is 14.8. The monoisotopic (exact) mass is 286 g/mol. The summed E-state index contributed by atoms with van der Waals surface area (Å²) in [5, 5.41) is 0. The number of hydrogen-bond donors (Lipinski definition) is 0. The maximum absolute atomic E-state index is 5.94. The first kappa shape index (κ1) is 13.8. The molecule has 1 aliphatic heterocycles. The molecule has 1 saturated heterocycles. The average molecular weight is 286 g/mol. The lowest BCUT2D eigenvalue weighted by molar-refractivity contribution is 0.0552. The van der Waals surface area contributed by atoms with Crippen LogP contribution in [0.1, 0.15) is 12.0 Å². The van der Waals surface area contributed by atoms with E-state index in [1.165, 1.54) is 0 Å². The SMILES string of the molecule is COc1ccnc(N2CC[C@H](OCc3ccncc3)C2)n1. The molecule has 6 heteroatoms. The number of methoxy groups -OCH3 is 1. The number of hydrogen-bond acceptors (Lipinski definition) is 6. The van der Waals surface area contributed by atoms with Crippen LogP contribution >= 0.6 is 0 Å². The van der Waals surface area contributed by atoms with Gasteiger partial charge in [-0.1, -0.05) is 0 Å². The summed E-state index contributed by atoms with van der Waals surface area (Å²) in [6, 6.07) is 5.69. The quantitative estimate of drug-likeness (QED) is 0.833. The third kappa shape index (κ3) is 3.46. The molecule has 1 atom stereocenters. The average Bonchev–Trinajstić information content (AvgIpc) is 3.03. The number of nitrogens with zero attached hydrogens (tertiary/aromatic N) is 4. The summed E-state index contributed by atoms with van der Waals surface area (Å²) in [6.45, 7) is 2.31. The molecule has 0 unspecified atom stereocenters. The minimum atomic E-state index is 0.202. The van der Waals surface area contributed by atoms with E-state index >= 15 is 0 Å². The Labute approximate surface area is 123 Å². The highest BCUT2D eigenvalue weighted by Crippen LogP contribution is 2.20. The first-order chi connectivity index (χ1) is 10.3. The van der Waals surface area contributed by atoms with Gasteiger partial charge in [-0.3, -0.25) is 4.98 Å². The van der Waals surface area contributed by atoms with E-state index in [0.717, 1.165) is 25.1 Å². The van der Waals surface area contributed by atoms with Crippen molar-refractivity contribution in [1.29, 1.82) is 0 Å². The van der Waals surface area contributed by atoms with E-state index in [9.17, 15) is 0 Å². The van der Waals surface area contributed by atoms with Gasteiger partial charge >= 0.3 is 0 Å². The Morgan fingerprint density at radius 2 is 2.10 bits per heavy atom. The fourth-order valence-electron chi connectivity index (χ4n) is 2.34. The molecule has 0 bridgehead atoms. The highest BCUT2D eigenvalue weighted by atomic mass is 16.5. The third-order valence-electron chi connectivity index (χ3n) is 3.49. The first-order valence-corrected chi connectivity index (χ1v) is 6.97. The Balaban J connectivity index is 1.55. The Bertz CT molecular complexity index is 579. The molecule has 21 heavy (non-hydrogen) atoms. The van der Waals surface area contributed by atoms with Crippen molar-refractivity contribution in [3.8, 4) is 5.88 Å². The number of ether oxygens (including phenoxy) is 2. The fourth-order valence-corrected chi connectivity index (χ4v) is 2.34. The van der Waals surface area contributed by atoms with Crippen LogP contribution in [0.2, 0.25) is 0 Å². The van der Waals surface area contributed by atoms with Gasteiger partial charge in [0.2, 0.25) is 11.8 Å².